The molecular weight excluding hydrogens is 434 g/mol. The third kappa shape index (κ3) is 4.51. The Kier molecular flexibility index (Phi) is 7.16. The average molecular weight is 466 g/mol. The number of amides is 2. The number of imide groups is 1. The zero-order chi connectivity index (χ0) is 24.4. The molecule has 4 atom stereocenters. The van der Waals surface area contributed by atoms with Gasteiger partial charge in [0.1, 0.15) is 18.1 Å². The molecule has 0 bridgehead atoms. The van der Waals surface area contributed by atoms with Gasteiger partial charge in [-0.05, 0) is 69.0 Å². The molecule has 2 aromatic rings. The molecule has 0 saturated carbocycles. The van der Waals surface area contributed by atoms with Crippen LogP contribution in [0, 0.1) is 17.8 Å². The fourth-order valence-electron chi connectivity index (χ4n) is 5.34. The largest absolute Gasteiger partial charge is 0.459 e. The van der Waals surface area contributed by atoms with Crippen LogP contribution >= 0.6 is 0 Å². The minimum absolute atomic E-state index is 0.160. The summed E-state index contributed by atoms with van der Waals surface area (Å²) in [5.74, 6) is -1.23. The van der Waals surface area contributed by atoms with E-state index in [2.05, 4.69) is 0 Å². The van der Waals surface area contributed by atoms with Crippen LogP contribution in [0.4, 0.5) is 5.69 Å². The van der Waals surface area contributed by atoms with Crippen LogP contribution in [0.3, 0.4) is 0 Å². The van der Waals surface area contributed by atoms with Crippen molar-refractivity contribution in [1.29, 1.82) is 0 Å². The van der Waals surface area contributed by atoms with Crippen molar-refractivity contribution in [2.75, 3.05) is 11.5 Å². The van der Waals surface area contributed by atoms with Crippen LogP contribution in [0.1, 0.15) is 44.6 Å². The summed E-state index contributed by atoms with van der Waals surface area (Å²) in [6.45, 7) is 3.35. The highest BCUT2D eigenvalue weighted by Gasteiger charge is 2.54. The van der Waals surface area contributed by atoms with E-state index in [1.54, 1.807) is 36.4 Å². The Balaban J connectivity index is 1.51. The zero-order valence-electron chi connectivity index (χ0n) is 19.5. The summed E-state index contributed by atoms with van der Waals surface area (Å²) < 4.78 is 5.49. The fraction of sp³-hybridized carbons (Fsp3) is 0.407. The molecule has 2 amide bonds. The number of carbonyl (C=O) groups excluding carboxylic acids is 2. The van der Waals surface area contributed by atoms with Crippen LogP contribution in [0.2, 0.25) is 0 Å². The van der Waals surface area contributed by atoms with Crippen molar-refractivity contribution in [1.82, 2.24) is 0 Å². The Morgan fingerprint density at radius 1 is 1.15 bits per heavy atom. The highest BCUT2D eigenvalue weighted by Crippen LogP contribution is 2.47. The van der Waals surface area contributed by atoms with Gasteiger partial charge in [-0.3, -0.25) is 14.5 Å². The summed E-state index contributed by atoms with van der Waals surface area (Å²) in [5, 5.41) is 30.5. The van der Waals surface area contributed by atoms with Gasteiger partial charge in [-0.2, -0.15) is 0 Å². The summed E-state index contributed by atoms with van der Waals surface area (Å²) in [4.78, 5) is 27.7. The number of carbonyl (C=O) groups is 2. The lowest BCUT2D eigenvalue weighted by atomic mass is 9.68. The number of hydrogen-bond acceptors (Lipinski definition) is 6. The smallest absolute Gasteiger partial charge is 0.238 e. The number of anilines is 1. The van der Waals surface area contributed by atoms with E-state index in [1.807, 2.05) is 26.0 Å². The Morgan fingerprint density at radius 3 is 2.53 bits per heavy atom. The molecule has 180 valence electrons. The van der Waals surface area contributed by atoms with E-state index < -0.39 is 23.9 Å². The minimum Gasteiger partial charge on any atom is -0.459 e. The minimum atomic E-state index is -0.834. The number of benzene rings is 1. The van der Waals surface area contributed by atoms with E-state index in [0.29, 0.717) is 42.0 Å². The molecule has 2 heterocycles. The highest BCUT2D eigenvalue weighted by molar-refractivity contribution is 6.22. The molecule has 4 rings (SSSR count). The quantitative estimate of drug-likeness (QED) is 0.407. The topological polar surface area (TPSA) is 111 Å². The lowest BCUT2D eigenvalue weighted by molar-refractivity contribution is -0.123. The number of rotatable bonds is 8. The molecule has 3 N–H and O–H groups in total. The van der Waals surface area contributed by atoms with Gasteiger partial charge < -0.3 is 19.7 Å². The second-order valence-electron chi connectivity index (χ2n) is 9.22. The Labute approximate surface area is 199 Å². The summed E-state index contributed by atoms with van der Waals surface area (Å²) in [7, 11) is 0. The molecule has 2 aliphatic rings. The van der Waals surface area contributed by atoms with E-state index in [0.717, 1.165) is 11.1 Å². The van der Waals surface area contributed by atoms with Crippen LogP contribution in [0.15, 0.2) is 63.6 Å². The number of para-hydroxylation sites is 1. The number of nitrogens with zero attached hydrogens (tertiary/aromatic N) is 1. The molecule has 1 saturated heterocycles. The van der Waals surface area contributed by atoms with Crippen LogP contribution in [0.5, 0.6) is 0 Å². The Hall–Kier alpha value is -3.00. The van der Waals surface area contributed by atoms with Gasteiger partial charge in [0.15, 0.2) is 0 Å². The molecule has 7 heteroatoms. The van der Waals surface area contributed by atoms with Crippen molar-refractivity contribution < 1.29 is 29.3 Å². The molecule has 1 fully saturated rings. The second-order valence-corrected chi connectivity index (χ2v) is 9.22. The van der Waals surface area contributed by atoms with Crippen molar-refractivity contribution in [3.05, 3.63) is 70.7 Å². The van der Waals surface area contributed by atoms with Crippen molar-refractivity contribution in [2.45, 2.75) is 45.8 Å². The first-order valence-electron chi connectivity index (χ1n) is 11.6. The monoisotopic (exact) mass is 465 g/mol. The lowest BCUT2D eigenvalue weighted by Gasteiger charge is -2.35. The molecule has 1 aromatic heterocycles. The van der Waals surface area contributed by atoms with Gasteiger partial charge in [-0.1, -0.05) is 29.3 Å². The standard InChI is InChI=1S/C27H31NO6/c1-16(12-19-9-10-20(14-29)34-19)8-11-23(31)24-17(2)13-21-25(22(24)15-30)27(33)28(26(21)32)18-6-4-3-5-7-18/h3-7,9-10,12,21-23,25,29-31H,8,11,13-15H2,1-2H3/b16-12+/t21-,22+,23-,25-/m1/s1. The summed E-state index contributed by atoms with van der Waals surface area (Å²) in [6.07, 6.45) is 2.43. The third-order valence-corrected chi connectivity index (χ3v) is 6.94. The van der Waals surface area contributed by atoms with Crippen LogP contribution in [-0.4, -0.2) is 39.8 Å². The molecular formula is C27H31NO6. The molecule has 1 aliphatic carbocycles. The molecule has 34 heavy (non-hydrogen) atoms. The molecule has 1 aliphatic heterocycles. The van der Waals surface area contributed by atoms with Gasteiger partial charge in [0.2, 0.25) is 11.8 Å². The molecule has 1 aromatic carbocycles. The van der Waals surface area contributed by atoms with Crippen molar-refractivity contribution in [3.63, 3.8) is 0 Å². The van der Waals surface area contributed by atoms with Crippen LogP contribution < -0.4 is 4.90 Å². The molecule has 0 unspecified atom stereocenters. The first kappa shape index (κ1) is 24.1. The average Bonchev–Trinajstić information content (AvgIpc) is 3.38. The maximum atomic E-state index is 13.3. The predicted octanol–water partition coefficient (Wildman–Crippen LogP) is 3.45. The zero-order valence-corrected chi connectivity index (χ0v) is 19.5. The normalized spacial score (nSPS) is 24.1. The first-order chi connectivity index (χ1) is 16.3. The van der Waals surface area contributed by atoms with E-state index in [9.17, 15) is 19.8 Å². The van der Waals surface area contributed by atoms with Gasteiger partial charge in [-0.25, -0.2) is 0 Å². The molecule has 0 spiro atoms. The maximum Gasteiger partial charge on any atom is 0.238 e. The number of aliphatic hydroxyl groups is 3. The second kappa shape index (κ2) is 10.1. The molecule has 7 nitrogen and oxygen atoms in total. The number of hydrogen-bond donors (Lipinski definition) is 3. The van der Waals surface area contributed by atoms with Gasteiger partial charge in [0.05, 0.1) is 30.2 Å². The maximum absolute atomic E-state index is 13.3. The first-order valence-corrected chi connectivity index (χ1v) is 11.6. The Bertz CT molecular complexity index is 1120. The van der Waals surface area contributed by atoms with E-state index in [1.165, 1.54) is 4.90 Å². The summed E-state index contributed by atoms with van der Waals surface area (Å²) >= 11 is 0. The Morgan fingerprint density at radius 2 is 1.88 bits per heavy atom. The SMILES string of the molecule is CC1=C([C@H](O)CC/C(C)=C/c2ccc(CO)o2)[C@H](CO)[C@@H]2C(=O)N(c3ccccc3)C(=O)[C@@H]2C1. The molecule has 0 radical (unpaired) electrons. The fourth-order valence-corrected chi connectivity index (χ4v) is 5.34. The number of allylic oxidation sites excluding steroid dienone is 2. The van der Waals surface area contributed by atoms with Gasteiger partial charge >= 0.3 is 0 Å². The van der Waals surface area contributed by atoms with Crippen molar-refractivity contribution in [2.24, 2.45) is 17.8 Å². The summed E-state index contributed by atoms with van der Waals surface area (Å²) in [6, 6.07) is 12.3. The van der Waals surface area contributed by atoms with Gasteiger partial charge in [0, 0.05) is 5.92 Å². The van der Waals surface area contributed by atoms with Crippen LogP contribution in [-0.2, 0) is 16.2 Å². The predicted molar refractivity (Wildman–Crippen MR) is 127 cm³/mol. The van der Waals surface area contributed by atoms with Gasteiger partial charge in [-0.15, -0.1) is 0 Å². The number of furan rings is 1. The summed E-state index contributed by atoms with van der Waals surface area (Å²) in [5.41, 5.74) is 3.07. The number of aliphatic hydroxyl groups excluding tert-OH is 3. The lowest BCUT2D eigenvalue weighted by Crippen LogP contribution is -2.38. The third-order valence-electron chi connectivity index (χ3n) is 6.94. The van der Waals surface area contributed by atoms with Crippen molar-refractivity contribution >= 4 is 23.6 Å². The van der Waals surface area contributed by atoms with E-state index in [-0.39, 0.29) is 25.0 Å². The van der Waals surface area contributed by atoms with Crippen LogP contribution in [0.25, 0.3) is 6.08 Å². The van der Waals surface area contributed by atoms with Crippen molar-refractivity contribution in [3.8, 4) is 0 Å². The van der Waals surface area contributed by atoms with E-state index >= 15 is 0 Å². The van der Waals surface area contributed by atoms with Gasteiger partial charge in [0.25, 0.3) is 0 Å². The van der Waals surface area contributed by atoms with E-state index in [4.69, 9.17) is 9.52 Å². The highest BCUT2D eigenvalue weighted by atomic mass is 16.4. The number of fused-ring (bicyclic) bond motifs is 1.